The van der Waals surface area contributed by atoms with Crippen molar-refractivity contribution >= 4 is 29.0 Å². The lowest BCUT2D eigenvalue weighted by molar-refractivity contribution is 0.0696. The van der Waals surface area contributed by atoms with Gasteiger partial charge in [0.25, 0.3) is 0 Å². The van der Waals surface area contributed by atoms with Gasteiger partial charge in [0, 0.05) is 48.2 Å². The second-order valence-electron chi connectivity index (χ2n) is 6.47. The molecule has 2 aromatic carbocycles. The molecule has 1 N–H and O–H groups in total. The topological polar surface area (TPSA) is 91.8 Å². The Morgan fingerprint density at radius 2 is 1.31 bits per heavy atom. The van der Waals surface area contributed by atoms with E-state index in [2.05, 4.69) is 0 Å². The fourth-order valence-electron chi connectivity index (χ4n) is 3.54. The van der Waals surface area contributed by atoms with E-state index in [-0.39, 0.29) is 28.5 Å². The third kappa shape index (κ3) is 2.50. The monoisotopic (exact) mass is 349 g/mol. The number of Topliss-reactive ketones (excluding diaryl/α,β-unsaturated/α-hetero) is 2. The van der Waals surface area contributed by atoms with Crippen LogP contribution in [0.3, 0.4) is 0 Å². The summed E-state index contributed by atoms with van der Waals surface area (Å²) in [4.78, 5) is 50.5. The minimum atomic E-state index is -1.07. The largest absolute Gasteiger partial charge is 0.478 e. The van der Waals surface area contributed by atoms with Crippen molar-refractivity contribution in [1.82, 2.24) is 0 Å². The first-order chi connectivity index (χ1) is 12.5. The van der Waals surface area contributed by atoms with Gasteiger partial charge in [0.1, 0.15) is 0 Å². The van der Waals surface area contributed by atoms with Crippen molar-refractivity contribution in [3.05, 3.63) is 64.2 Å². The lowest BCUT2D eigenvalue weighted by Gasteiger charge is -2.35. The van der Waals surface area contributed by atoms with Gasteiger partial charge in [-0.15, -0.1) is 0 Å². The normalized spacial score (nSPS) is 15.6. The molecule has 2 heterocycles. The number of carbonyl (C=O) groups is 4. The molecule has 0 saturated carbocycles. The van der Waals surface area contributed by atoms with Crippen LogP contribution in [0.1, 0.15) is 59.8 Å². The molecule has 0 aliphatic carbocycles. The van der Waals surface area contributed by atoms with Gasteiger partial charge in [-0.2, -0.15) is 0 Å². The van der Waals surface area contributed by atoms with Gasteiger partial charge in [0.15, 0.2) is 17.3 Å². The van der Waals surface area contributed by atoms with Gasteiger partial charge < -0.3 is 10.0 Å². The van der Waals surface area contributed by atoms with E-state index in [4.69, 9.17) is 5.11 Å². The maximum Gasteiger partial charge on any atom is 0.335 e. The van der Waals surface area contributed by atoms with Crippen LogP contribution in [0.5, 0.6) is 0 Å². The molecule has 0 fully saturated rings. The maximum atomic E-state index is 12.8. The van der Waals surface area contributed by atoms with Gasteiger partial charge in [-0.3, -0.25) is 14.4 Å². The molecule has 2 aliphatic rings. The minimum absolute atomic E-state index is 0.0666. The van der Waals surface area contributed by atoms with Crippen molar-refractivity contribution in [1.29, 1.82) is 0 Å². The molecule has 6 nitrogen and oxygen atoms in total. The van der Waals surface area contributed by atoms with Crippen molar-refractivity contribution in [3.63, 3.8) is 0 Å². The fourth-order valence-corrected chi connectivity index (χ4v) is 3.54. The van der Waals surface area contributed by atoms with Gasteiger partial charge in [-0.05, 0) is 24.3 Å². The molecule has 2 aliphatic heterocycles. The number of hydrogen-bond acceptors (Lipinski definition) is 5. The van der Waals surface area contributed by atoms with E-state index in [1.165, 1.54) is 24.3 Å². The first-order valence-electron chi connectivity index (χ1n) is 8.33. The van der Waals surface area contributed by atoms with Crippen molar-refractivity contribution in [2.24, 2.45) is 0 Å². The first kappa shape index (κ1) is 16.2. The van der Waals surface area contributed by atoms with Gasteiger partial charge in [0.2, 0.25) is 0 Å². The Balaban J connectivity index is 1.80. The van der Waals surface area contributed by atoms with Crippen LogP contribution in [0.4, 0.5) is 5.69 Å². The Morgan fingerprint density at radius 1 is 0.808 bits per heavy atom. The quantitative estimate of drug-likeness (QED) is 0.857. The number of carboxylic acids is 1. The number of hydrogen-bond donors (Lipinski definition) is 1. The van der Waals surface area contributed by atoms with Crippen LogP contribution >= 0.6 is 0 Å². The standard InChI is InChI=1S/C20H15NO5/c22-16-5-7-21-8-6-17(23)15-10-13(9-14(16)18(15)21)19(24)11-1-3-12(4-2-11)20(25)26/h1-4,9-10H,5-8H2,(H,25,26). The zero-order chi connectivity index (χ0) is 18.4. The Bertz CT molecular complexity index is 933. The number of carboxylic acid groups (broad SMARTS) is 1. The smallest absolute Gasteiger partial charge is 0.335 e. The van der Waals surface area contributed by atoms with Gasteiger partial charge in [-0.1, -0.05) is 12.1 Å². The van der Waals surface area contributed by atoms with Crippen LogP contribution in [-0.2, 0) is 0 Å². The van der Waals surface area contributed by atoms with Crippen LogP contribution in [0.15, 0.2) is 36.4 Å². The Kier molecular flexibility index (Phi) is 3.68. The van der Waals surface area contributed by atoms with E-state index < -0.39 is 5.97 Å². The van der Waals surface area contributed by atoms with E-state index in [0.29, 0.717) is 48.3 Å². The number of carbonyl (C=O) groups excluding carboxylic acids is 3. The Hall–Kier alpha value is -3.28. The molecule has 0 aromatic heterocycles. The zero-order valence-corrected chi connectivity index (χ0v) is 13.8. The lowest BCUT2D eigenvalue weighted by Crippen LogP contribution is -2.38. The Morgan fingerprint density at radius 3 is 1.81 bits per heavy atom. The van der Waals surface area contributed by atoms with Gasteiger partial charge in [0.05, 0.1) is 11.3 Å². The van der Waals surface area contributed by atoms with Crippen molar-refractivity contribution in [2.45, 2.75) is 12.8 Å². The summed E-state index contributed by atoms with van der Waals surface area (Å²) in [5.74, 6) is -1.55. The molecule has 130 valence electrons. The summed E-state index contributed by atoms with van der Waals surface area (Å²) in [6.45, 7) is 1.19. The van der Waals surface area contributed by atoms with Crippen molar-refractivity contribution in [3.8, 4) is 0 Å². The number of anilines is 1. The molecule has 0 unspecified atom stereocenters. The summed E-state index contributed by atoms with van der Waals surface area (Å²) in [5, 5.41) is 8.96. The van der Waals surface area contributed by atoms with E-state index in [1.54, 1.807) is 12.1 Å². The summed E-state index contributed by atoms with van der Waals surface area (Å²) in [6, 6.07) is 8.70. The van der Waals surface area contributed by atoms with Crippen LogP contribution in [0.2, 0.25) is 0 Å². The zero-order valence-electron chi connectivity index (χ0n) is 13.8. The van der Waals surface area contributed by atoms with E-state index in [0.717, 1.165) is 0 Å². The first-order valence-corrected chi connectivity index (χ1v) is 8.33. The van der Waals surface area contributed by atoms with Crippen LogP contribution in [-0.4, -0.2) is 41.5 Å². The molecule has 2 aromatic rings. The van der Waals surface area contributed by atoms with E-state index >= 15 is 0 Å². The average molecular weight is 349 g/mol. The highest BCUT2D eigenvalue weighted by Crippen LogP contribution is 2.36. The Labute approximate surface area is 149 Å². The minimum Gasteiger partial charge on any atom is -0.478 e. The summed E-state index contributed by atoms with van der Waals surface area (Å²) in [6.07, 6.45) is 0.733. The van der Waals surface area contributed by atoms with Crippen LogP contribution in [0.25, 0.3) is 0 Å². The maximum absolute atomic E-state index is 12.8. The summed E-state index contributed by atoms with van der Waals surface area (Å²) in [5.41, 5.74) is 2.16. The van der Waals surface area contributed by atoms with E-state index in [9.17, 15) is 19.2 Å². The molecular weight excluding hydrogens is 334 g/mol. The number of ketones is 3. The third-order valence-electron chi connectivity index (χ3n) is 4.90. The predicted octanol–water partition coefficient (Wildman–Crippen LogP) is 2.60. The summed E-state index contributed by atoms with van der Waals surface area (Å²) in [7, 11) is 0. The third-order valence-corrected chi connectivity index (χ3v) is 4.90. The molecule has 0 saturated heterocycles. The van der Waals surface area contributed by atoms with E-state index in [1.807, 2.05) is 4.90 Å². The number of aromatic carboxylic acids is 1. The SMILES string of the molecule is O=C(O)c1ccc(C(=O)c2cc3c4c(c2)C(=O)CCN4CCC3=O)cc1. The van der Waals surface area contributed by atoms with Gasteiger partial charge >= 0.3 is 5.97 Å². The highest BCUT2D eigenvalue weighted by atomic mass is 16.4. The molecule has 0 spiro atoms. The number of rotatable bonds is 3. The molecule has 26 heavy (non-hydrogen) atoms. The second kappa shape index (κ2) is 5.91. The highest BCUT2D eigenvalue weighted by molar-refractivity contribution is 6.17. The number of benzene rings is 2. The molecule has 0 atom stereocenters. The molecular formula is C20H15NO5. The fraction of sp³-hybridized carbons (Fsp3) is 0.200. The van der Waals surface area contributed by atoms with Crippen molar-refractivity contribution < 1.29 is 24.3 Å². The molecule has 0 amide bonds. The lowest BCUT2D eigenvalue weighted by atomic mass is 9.87. The summed E-state index contributed by atoms with van der Waals surface area (Å²) < 4.78 is 0. The molecule has 0 bridgehead atoms. The number of nitrogens with zero attached hydrogens (tertiary/aromatic N) is 1. The van der Waals surface area contributed by atoms with Crippen LogP contribution in [0, 0.1) is 0 Å². The molecule has 0 radical (unpaired) electrons. The molecule has 4 rings (SSSR count). The average Bonchev–Trinajstić information content (AvgIpc) is 2.66. The van der Waals surface area contributed by atoms with Gasteiger partial charge in [-0.25, -0.2) is 4.79 Å². The summed E-state index contributed by atoms with van der Waals surface area (Å²) >= 11 is 0. The highest BCUT2D eigenvalue weighted by Gasteiger charge is 2.33. The van der Waals surface area contributed by atoms with Crippen LogP contribution < -0.4 is 4.90 Å². The molecule has 6 heteroatoms. The second-order valence-corrected chi connectivity index (χ2v) is 6.47. The van der Waals surface area contributed by atoms with Crippen molar-refractivity contribution in [2.75, 3.05) is 18.0 Å². The predicted molar refractivity (Wildman–Crippen MR) is 93.4 cm³/mol.